The molecule has 2 aliphatic heterocycles. The van der Waals surface area contributed by atoms with Gasteiger partial charge in [0, 0.05) is 30.8 Å². The van der Waals surface area contributed by atoms with Gasteiger partial charge >= 0.3 is 0 Å². The quantitative estimate of drug-likeness (QED) is 0.242. The second-order valence-corrected chi connectivity index (χ2v) is 7.66. The van der Waals surface area contributed by atoms with Gasteiger partial charge in [-0.2, -0.15) is 0 Å². The number of hydrogen-bond acceptors (Lipinski definition) is 7. The summed E-state index contributed by atoms with van der Waals surface area (Å²) in [4.78, 5) is 37.9. The predicted octanol–water partition coefficient (Wildman–Crippen LogP) is 3.20. The lowest BCUT2D eigenvalue weighted by Crippen LogP contribution is -2.36. The highest BCUT2D eigenvalue weighted by atomic mass is 16.6. The van der Waals surface area contributed by atoms with E-state index in [4.69, 9.17) is 9.47 Å². The number of carbonyl (C=O) groups excluding carboxylic acids is 2. The van der Waals surface area contributed by atoms with Crippen molar-refractivity contribution in [3.05, 3.63) is 75.3 Å². The number of Topliss-reactive ketones (excluding diaryl/α,β-unsaturated/α-hetero) is 1. The molecular weight excluding hydrogens is 416 g/mol. The fourth-order valence-electron chi connectivity index (χ4n) is 4.11. The molecule has 1 N–H and O–H groups in total. The van der Waals surface area contributed by atoms with Gasteiger partial charge in [-0.05, 0) is 54.8 Å². The van der Waals surface area contributed by atoms with Crippen LogP contribution in [0.1, 0.15) is 30.0 Å². The number of ether oxygens (including phenoxy) is 2. The Balaban J connectivity index is 1.80. The maximum Gasteiger partial charge on any atom is 0.295 e. The van der Waals surface area contributed by atoms with Gasteiger partial charge in [-0.1, -0.05) is 0 Å². The van der Waals surface area contributed by atoms with E-state index in [0.717, 1.165) is 12.8 Å². The van der Waals surface area contributed by atoms with Crippen molar-refractivity contribution in [3.63, 3.8) is 0 Å². The number of amides is 1. The Hall–Kier alpha value is -3.72. The average Bonchev–Trinajstić information content (AvgIpc) is 3.41. The normalized spacial score (nSPS) is 22.3. The molecule has 166 valence electrons. The van der Waals surface area contributed by atoms with E-state index in [-0.39, 0.29) is 29.7 Å². The van der Waals surface area contributed by atoms with E-state index in [1.54, 1.807) is 24.3 Å². The molecule has 2 aliphatic rings. The fraction of sp³-hybridized carbons (Fsp3) is 0.304. The second-order valence-electron chi connectivity index (χ2n) is 7.66. The van der Waals surface area contributed by atoms with E-state index in [0.29, 0.717) is 23.5 Å². The number of carbonyl (C=O) groups is 2. The Morgan fingerprint density at radius 3 is 2.44 bits per heavy atom. The number of likely N-dealkylation sites (tertiary alicyclic amines) is 1. The van der Waals surface area contributed by atoms with E-state index in [2.05, 4.69) is 0 Å². The van der Waals surface area contributed by atoms with Gasteiger partial charge in [-0.15, -0.1) is 0 Å². The Kier molecular flexibility index (Phi) is 5.91. The summed E-state index contributed by atoms with van der Waals surface area (Å²) < 4.78 is 10.8. The van der Waals surface area contributed by atoms with Crippen LogP contribution >= 0.6 is 0 Å². The van der Waals surface area contributed by atoms with Crippen molar-refractivity contribution in [3.8, 4) is 5.75 Å². The van der Waals surface area contributed by atoms with Crippen molar-refractivity contribution in [2.24, 2.45) is 0 Å². The lowest BCUT2D eigenvalue weighted by atomic mass is 9.95. The van der Waals surface area contributed by atoms with Crippen molar-refractivity contribution < 1.29 is 29.1 Å². The topological polar surface area (TPSA) is 119 Å². The molecule has 2 saturated heterocycles. The minimum Gasteiger partial charge on any atom is -0.507 e. The Bertz CT molecular complexity index is 1070. The SMILES string of the molecule is COc1ccc(C(O)=C2C(=O)C(=O)N(C[C@H]3CCCO3)[C@@H]2c2ccc([N+](=O)[O-])cc2)cc1. The number of methoxy groups -OCH3 is 1. The van der Waals surface area contributed by atoms with Crippen molar-refractivity contribution in [1.29, 1.82) is 0 Å². The van der Waals surface area contributed by atoms with E-state index in [1.807, 2.05) is 0 Å². The fourth-order valence-corrected chi connectivity index (χ4v) is 4.11. The molecule has 2 atom stereocenters. The maximum absolute atomic E-state index is 13.0. The first kappa shape index (κ1) is 21.5. The number of nitro benzene ring substituents is 1. The van der Waals surface area contributed by atoms with Crippen molar-refractivity contribution >= 4 is 23.1 Å². The van der Waals surface area contributed by atoms with Gasteiger partial charge in [0.2, 0.25) is 0 Å². The molecule has 0 spiro atoms. The zero-order valence-corrected chi connectivity index (χ0v) is 17.4. The van der Waals surface area contributed by atoms with Gasteiger partial charge in [0.25, 0.3) is 17.4 Å². The Morgan fingerprint density at radius 1 is 1.19 bits per heavy atom. The number of non-ortho nitro benzene ring substituents is 1. The molecule has 0 aliphatic carbocycles. The number of aliphatic hydroxyl groups excluding tert-OH is 1. The van der Waals surface area contributed by atoms with Crippen LogP contribution in [-0.2, 0) is 14.3 Å². The first-order valence-electron chi connectivity index (χ1n) is 10.2. The minimum absolute atomic E-state index is 0.0629. The van der Waals surface area contributed by atoms with Gasteiger partial charge in [0.15, 0.2) is 0 Å². The summed E-state index contributed by atoms with van der Waals surface area (Å²) in [6.07, 6.45) is 1.41. The number of aliphatic hydroxyl groups is 1. The van der Waals surface area contributed by atoms with Crippen LogP contribution in [0, 0.1) is 10.1 Å². The number of rotatable bonds is 6. The molecule has 9 nitrogen and oxygen atoms in total. The summed E-state index contributed by atoms with van der Waals surface area (Å²) in [7, 11) is 1.51. The lowest BCUT2D eigenvalue weighted by Gasteiger charge is -2.27. The van der Waals surface area contributed by atoms with Gasteiger partial charge < -0.3 is 19.5 Å². The van der Waals surface area contributed by atoms with Gasteiger partial charge in [-0.25, -0.2) is 0 Å². The molecule has 9 heteroatoms. The van der Waals surface area contributed by atoms with Crippen LogP contribution in [0.4, 0.5) is 5.69 Å². The molecule has 2 fully saturated rings. The Labute approximate surface area is 184 Å². The van der Waals surface area contributed by atoms with Crippen molar-refractivity contribution in [1.82, 2.24) is 4.90 Å². The van der Waals surface area contributed by atoms with E-state index in [9.17, 15) is 24.8 Å². The van der Waals surface area contributed by atoms with Crippen molar-refractivity contribution in [2.75, 3.05) is 20.3 Å². The first-order chi connectivity index (χ1) is 15.4. The highest BCUT2D eigenvalue weighted by molar-refractivity contribution is 6.46. The number of nitro groups is 1. The molecule has 32 heavy (non-hydrogen) atoms. The van der Waals surface area contributed by atoms with Gasteiger partial charge in [0.1, 0.15) is 11.5 Å². The van der Waals surface area contributed by atoms with Crippen LogP contribution in [-0.4, -0.2) is 53.0 Å². The number of hydrogen-bond donors (Lipinski definition) is 1. The van der Waals surface area contributed by atoms with E-state index >= 15 is 0 Å². The molecule has 2 aromatic carbocycles. The molecule has 1 amide bonds. The van der Waals surface area contributed by atoms with Crippen LogP contribution < -0.4 is 4.74 Å². The zero-order valence-electron chi connectivity index (χ0n) is 17.4. The van der Waals surface area contributed by atoms with E-state index in [1.165, 1.54) is 36.3 Å². The molecule has 0 saturated carbocycles. The standard InChI is InChI=1S/C23H22N2O7/c1-31-17-10-6-15(7-11-17)21(26)19-20(14-4-8-16(9-5-14)25(29)30)24(23(28)22(19)27)13-18-3-2-12-32-18/h4-11,18,20,26H,2-3,12-13H2,1H3/t18-,20-/m1/s1. The molecule has 2 aromatic rings. The van der Waals surface area contributed by atoms with Crippen LogP contribution in [0.25, 0.3) is 5.76 Å². The largest absolute Gasteiger partial charge is 0.507 e. The second kappa shape index (κ2) is 8.80. The van der Waals surface area contributed by atoms with E-state index < -0.39 is 22.7 Å². The van der Waals surface area contributed by atoms with Crippen LogP contribution in [0.5, 0.6) is 5.75 Å². The summed E-state index contributed by atoms with van der Waals surface area (Å²) in [5.41, 5.74) is 0.669. The summed E-state index contributed by atoms with van der Waals surface area (Å²) >= 11 is 0. The third-order valence-corrected chi connectivity index (χ3v) is 5.75. The number of ketones is 1. The lowest BCUT2D eigenvalue weighted by molar-refractivity contribution is -0.384. The average molecular weight is 438 g/mol. The molecular formula is C23H22N2O7. The summed E-state index contributed by atoms with van der Waals surface area (Å²) in [5, 5.41) is 22.1. The number of benzene rings is 2. The molecule has 0 aromatic heterocycles. The van der Waals surface area contributed by atoms with Gasteiger partial charge in [0.05, 0.1) is 29.8 Å². The Morgan fingerprint density at radius 2 is 1.88 bits per heavy atom. The van der Waals surface area contributed by atoms with Crippen molar-refractivity contribution in [2.45, 2.75) is 25.0 Å². The maximum atomic E-state index is 13.0. The minimum atomic E-state index is -0.887. The molecule has 2 heterocycles. The molecule has 0 bridgehead atoms. The van der Waals surface area contributed by atoms with Crippen LogP contribution in [0.3, 0.4) is 0 Å². The molecule has 4 rings (SSSR count). The number of nitrogens with zero attached hydrogens (tertiary/aromatic N) is 2. The first-order valence-corrected chi connectivity index (χ1v) is 10.2. The zero-order chi connectivity index (χ0) is 22.8. The predicted molar refractivity (Wildman–Crippen MR) is 114 cm³/mol. The third kappa shape index (κ3) is 3.94. The van der Waals surface area contributed by atoms with Gasteiger partial charge in [-0.3, -0.25) is 19.7 Å². The summed E-state index contributed by atoms with van der Waals surface area (Å²) in [6, 6.07) is 11.2. The highest BCUT2D eigenvalue weighted by Gasteiger charge is 2.47. The molecule has 0 unspecified atom stereocenters. The monoisotopic (exact) mass is 438 g/mol. The molecule has 0 radical (unpaired) electrons. The highest BCUT2D eigenvalue weighted by Crippen LogP contribution is 2.40. The van der Waals surface area contributed by atoms with Crippen LogP contribution in [0.2, 0.25) is 0 Å². The summed E-state index contributed by atoms with van der Waals surface area (Å²) in [6.45, 7) is 0.772. The third-order valence-electron chi connectivity index (χ3n) is 5.75. The summed E-state index contributed by atoms with van der Waals surface area (Å²) in [5.74, 6) is -1.28. The van der Waals surface area contributed by atoms with Crippen LogP contribution in [0.15, 0.2) is 54.1 Å². The smallest absolute Gasteiger partial charge is 0.295 e.